The molecule has 0 saturated carbocycles. The van der Waals surface area contributed by atoms with Gasteiger partial charge in [0.25, 0.3) is 0 Å². The third kappa shape index (κ3) is 7.17. The van der Waals surface area contributed by atoms with Gasteiger partial charge in [-0.2, -0.15) is 0 Å². The average Bonchev–Trinajstić information content (AvgIpc) is 3.59. The van der Waals surface area contributed by atoms with Crippen molar-refractivity contribution in [2.75, 3.05) is 10.6 Å². The Bertz CT molecular complexity index is 1700. The summed E-state index contributed by atoms with van der Waals surface area (Å²) >= 11 is 0. The molecule has 44 heavy (non-hydrogen) atoms. The zero-order valence-corrected chi connectivity index (χ0v) is 25.2. The van der Waals surface area contributed by atoms with Crippen LogP contribution in [0, 0.1) is 27.7 Å². The van der Waals surface area contributed by atoms with E-state index in [1.54, 1.807) is 0 Å². The lowest BCUT2D eigenvalue weighted by atomic mass is 10.2. The van der Waals surface area contributed by atoms with Gasteiger partial charge in [-0.3, -0.25) is 0 Å². The van der Waals surface area contributed by atoms with E-state index in [2.05, 4.69) is 73.2 Å². The van der Waals surface area contributed by atoms with Crippen LogP contribution >= 0.6 is 0 Å². The van der Waals surface area contributed by atoms with E-state index in [9.17, 15) is 0 Å². The van der Waals surface area contributed by atoms with Crippen molar-refractivity contribution in [1.29, 1.82) is 0 Å². The van der Waals surface area contributed by atoms with Crippen LogP contribution in [0.4, 0.5) is 22.7 Å². The van der Waals surface area contributed by atoms with E-state index in [0.717, 1.165) is 22.7 Å². The van der Waals surface area contributed by atoms with Gasteiger partial charge in [0.15, 0.2) is 23.3 Å². The summed E-state index contributed by atoms with van der Waals surface area (Å²) < 4.78 is 0. The molecule has 0 radical (unpaired) electrons. The highest BCUT2D eigenvalue weighted by atomic mass is 15.2. The number of nitrogens with zero attached hydrogens (tertiary/aromatic N) is 4. The van der Waals surface area contributed by atoms with Crippen LogP contribution in [0.2, 0.25) is 0 Å². The summed E-state index contributed by atoms with van der Waals surface area (Å²) in [5.41, 5.74) is 8.26. The summed E-state index contributed by atoms with van der Waals surface area (Å²) in [7, 11) is 0. The number of amidine groups is 4. The van der Waals surface area contributed by atoms with E-state index in [-0.39, 0.29) is 0 Å². The van der Waals surface area contributed by atoms with Gasteiger partial charge in [-0.05, 0) is 88.4 Å². The number of benzene rings is 4. The van der Waals surface area contributed by atoms with Crippen LogP contribution in [0.3, 0.4) is 0 Å². The Balaban J connectivity index is 1.30. The second kappa shape index (κ2) is 12.6. The molecule has 4 aromatic rings. The molecule has 4 N–H and O–H groups in total. The highest BCUT2D eigenvalue weighted by molar-refractivity contribution is 6.47. The second-order valence-corrected chi connectivity index (χ2v) is 10.8. The van der Waals surface area contributed by atoms with Gasteiger partial charge >= 0.3 is 0 Å². The molecule has 0 spiro atoms. The van der Waals surface area contributed by atoms with Crippen molar-refractivity contribution in [3.05, 3.63) is 143 Å². The van der Waals surface area contributed by atoms with Crippen LogP contribution < -0.4 is 21.3 Å². The standard InChI is InChI=1S/C36H34N8/c1-23-5-13-27(14-6-23)37-33-34(38-28-15-7-24(2)8-16-28)42-31(41-33)21-22-32-43-35(39-29-17-9-25(3)10-18-29)36(44-32)40-30-19-11-26(4)12-20-30/h5-22H,1-4H3,(H,37,41)(H,38,42)(H,39,43)(H,40,44). The number of aliphatic imine (C=N–C) groups is 4. The molecule has 0 unspecified atom stereocenters. The van der Waals surface area contributed by atoms with Gasteiger partial charge in [0.1, 0.15) is 11.6 Å². The molecule has 218 valence electrons. The lowest BCUT2D eigenvalue weighted by Crippen LogP contribution is -2.28. The average molecular weight is 579 g/mol. The van der Waals surface area contributed by atoms with Gasteiger partial charge in [-0.15, -0.1) is 0 Å². The molecule has 0 saturated heterocycles. The fourth-order valence-electron chi connectivity index (χ4n) is 4.46. The highest BCUT2D eigenvalue weighted by Gasteiger charge is 2.21. The maximum absolute atomic E-state index is 4.83. The van der Waals surface area contributed by atoms with Crippen molar-refractivity contribution >= 4 is 46.1 Å². The Morgan fingerprint density at radius 3 is 1.14 bits per heavy atom. The smallest absolute Gasteiger partial charge is 0.176 e. The molecule has 2 heterocycles. The second-order valence-electron chi connectivity index (χ2n) is 10.8. The molecular weight excluding hydrogens is 544 g/mol. The summed E-state index contributed by atoms with van der Waals surface area (Å²) in [6.45, 7) is 8.25. The molecule has 8 nitrogen and oxygen atoms in total. The van der Waals surface area contributed by atoms with E-state index < -0.39 is 0 Å². The zero-order chi connectivity index (χ0) is 30.5. The van der Waals surface area contributed by atoms with Crippen LogP contribution in [0.25, 0.3) is 0 Å². The van der Waals surface area contributed by atoms with Crippen molar-refractivity contribution in [1.82, 2.24) is 10.6 Å². The van der Waals surface area contributed by atoms with Crippen LogP contribution in [-0.4, -0.2) is 23.3 Å². The molecule has 2 aliphatic heterocycles. The van der Waals surface area contributed by atoms with E-state index >= 15 is 0 Å². The minimum Gasteiger partial charge on any atom is -0.337 e. The first-order valence-electron chi connectivity index (χ1n) is 14.5. The monoisotopic (exact) mass is 578 g/mol. The summed E-state index contributed by atoms with van der Waals surface area (Å²) in [6, 6.07) is 32.5. The normalized spacial score (nSPS) is 17.9. The first-order valence-corrected chi connectivity index (χ1v) is 14.5. The largest absolute Gasteiger partial charge is 0.337 e. The summed E-state index contributed by atoms with van der Waals surface area (Å²) in [5, 5.41) is 13.5. The van der Waals surface area contributed by atoms with Crippen molar-refractivity contribution < 1.29 is 0 Å². The van der Waals surface area contributed by atoms with E-state index in [1.165, 1.54) is 22.3 Å². The van der Waals surface area contributed by atoms with E-state index in [1.807, 2.05) is 84.9 Å². The Labute approximate surface area is 257 Å². The molecule has 0 amide bonds. The maximum atomic E-state index is 4.83. The van der Waals surface area contributed by atoms with E-state index in [4.69, 9.17) is 20.0 Å². The van der Waals surface area contributed by atoms with Crippen molar-refractivity contribution in [3.8, 4) is 0 Å². The fraction of sp³-hybridized carbons (Fsp3) is 0.111. The number of aryl methyl sites for hydroxylation is 4. The van der Waals surface area contributed by atoms with Crippen molar-refractivity contribution in [2.24, 2.45) is 20.0 Å². The summed E-state index contributed by atoms with van der Waals surface area (Å²) in [5.74, 6) is 3.78. The molecule has 0 bridgehead atoms. The topological polar surface area (TPSA) is 97.6 Å². The lowest BCUT2D eigenvalue weighted by Gasteiger charge is -2.07. The first-order chi connectivity index (χ1) is 21.4. The number of rotatable bonds is 5. The number of nitrogens with one attached hydrogen (secondary N) is 4. The Kier molecular flexibility index (Phi) is 8.14. The number of hydrogen-bond donors (Lipinski definition) is 4. The minimum atomic E-state index is 0.630. The molecule has 0 aliphatic carbocycles. The lowest BCUT2D eigenvalue weighted by molar-refractivity contribution is 1.10. The Morgan fingerprint density at radius 1 is 0.477 bits per heavy atom. The van der Waals surface area contributed by atoms with E-state index in [0.29, 0.717) is 35.0 Å². The van der Waals surface area contributed by atoms with Crippen LogP contribution in [-0.2, 0) is 0 Å². The Morgan fingerprint density at radius 2 is 0.795 bits per heavy atom. The fourth-order valence-corrected chi connectivity index (χ4v) is 4.46. The van der Waals surface area contributed by atoms with Crippen LogP contribution in [0.5, 0.6) is 0 Å². The van der Waals surface area contributed by atoms with Gasteiger partial charge in [-0.25, -0.2) is 20.0 Å². The zero-order valence-electron chi connectivity index (χ0n) is 25.2. The third-order valence-corrected chi connectivity index (χ3v) is 6.98. The minimum absolute atomic E-state index is 0.630. The molecule has 0 fully saturated rings. The van der Waals surface area contributed by atoms with Gasteiger partial charge in [0.2, 0.25) is 0 Å². The summed E-state index contributed by atoms with van der Waals surface area (Å²) in [4.78, 5) is 19.3. The third-order valence-electron chi connectivity index (χ3n) is 6.98. The Hall–Kier alpha value is -5.76. The molecule has 4 aromatic carbocycles. The quantitative estimate of drug-likeness (QED) is 0.196. The van der Waals surface area contributed by atoms with Crippen molar-refractivity contribution in [2.45, 2.75) is 27.7 Å². The van der Waals surface area contributed by atoms with Gasteiger partial charge in [-0.1, -0.05) is 70.8 Å². The number of hydrogen-bond acceptors (Lipinski definition) is 6. The molecule has 2 aliphatic rings. The predicted octanol–water partition coefficient (Wildman–Crippen LogP) is 7.59. The highest BCUT2D eigenvalue weighted by Crippen LogP contribution is 2.19. The molecule has 0 atom stereocenters. The molecule has 6 rings (SSSR count). The first kappa shape index (κ1) is 28.4. The molecule has 8 heteroatoms. The maximum Gasteiger partial charge on any atom is 0.176 e. The number of allylic oxidation sites excluding steroid dienone is 2. The summed E-state index contributed by atoms with van der Waals surface area (Å²) in [6.07, 6.45) is 3.75. The molecule has 0 aromatic heterocycles. The van der Waals surface area contributed by atoms with Gasteiger partial charge in [0, 0.05) is 11.4 Å². The predicted molar refractivity (Wildman–Crippen MR) is 183 cm³/mol. The SMILES string of the molecule is Cc1ccc(N=C2N/C(=C/C=C3\N=C(Nc4ccc(C)cc4)C(=Nc4ccc(C)cc4)N3)N=C2Nc2ccc(C)cc2)cc1. The van der Waals surface area contributed by atoms with Gasteiger partial charge in [0.05, 0.1) is 11.4 Å². The molecular formula is C36H34N8. The van der Waals surface area contributed by atoms with Crippen LogP contribution in [0.1, 0.15) is 22.3 Å². The van der Waals surface area contributed by atoms with Gasteiger partial charge < -0.3 is 21.3 Å². The number of anilines is 2. The van der Waals surface area contributed by atoms with Crippen LogP contribution in [0.15, 0.2) is 141 Å². The van der Waals surface area contributed by atoms with Crippen molar-refractivity contribution in [3.63, 3.8) is 0 Å².